The lowest BCUT2D eigenvalue weighted by Crippen LogP contribution is -2.43. The van der Waals surface area contributed by atoms with E-state index in [-0.39, 0.29) is 13.1 Å². The quantitative estimate of drug-likeness (QED) is 0.717. The van der Waals surface area contributed by atoms with E-state index in [1.807, 2.05) is 0 Å². The average molecular weight is 347 g/mol. The van der Waals surface area contributed by atoms with E-state index in [4.69, 9.17) is 27.4 Å². The van der Waals surface area contributed by atoms with E-state index in [2.05, 4.69) is 5.32 Å². The Kier molecular flexibility index (Phi) is 8.30. The highest BCUT2D eigenvalue weighted by molar-refractivity contribution is 7.80. The molecule has 0 heterocycles. The second-order valence-electron chi connectivity index (χ2n) is 7.11. The summed E-state index contributed by atoms with van der Waals surface area (Å²) in [5.74, 6) is 0. The summed E-state index contributed by atoms with van der Waals surface area (Å²) in [6.07, 6.45) is -0.614. The zero-order valence-corrected chi connectivity index (χ0v) is 15.7. The second-order valence-corrected chi connectivity index (χ2v) is 7.64. The van der Waals surface area contributed by atoms with Gasteiger partial charge in [-0.15, -0.1) is 0 Å². The third-order valence-electron chi connectivity index (χ3n) is 2.33. The third-order valence-corrected chi connectivity index (χ3v) is 2.53. The molecular weight excluding hydrogens is 318 g/mol. The summed E-state index contributed by atoms with van der Waals surface area (Å²) in [6.45, 7) is 11.6. The molecular formula is C15H29N3O4S. The Bertz CT molecular complexity index is 427. The van der Waals surface area contributed by atoms with Crippen molar-refractivity contribution in [2.75, 3.05) is 19.6 Å². The summed E-state index contributed by atoms with van der Waals surface area (Å²) in [4.78, 5) is 25.5. The number of carbonyl (C=O) groups is 2. The van der Waals surface area contributed by atoms with E-state index >= 15 is 0 Å². The van der Waals surface area contributed by atoms with Gasteiger partial charge in [0.15, 0.2) is 0 Å². The van der Waals surface area contributed by atoms with Gasteiger partial charge in [0.05, 0.1) is 4.99 Å². The van der Waals surface area contributed by atoms with Crippen molar-refractivity contribution in [2.45, 2.75) is 59.2 Å². The summed E-state index contributed by atoms with van der Waals surface area (Å²) in [5, 5.41) is 2.60. The van der Waals surface area contributed by atoms with Gasteiger partial charge in [-0.05, 0) is 41.5 Å². The highest BCUT2D eigenvalue weighted by atomic mass is 32.1. The molecule has 7 nitrogen and oxygen atoms in total. The fraction of sp³-hybridized carbons (Fsp3) is 0.800. The van der Waals surface area contributed by atoms with Crippen LogP contribution in [0.2, 0.25) is 0 Å². The fourth-order valence-corrected chi connectivity index (χ4v) is 1.56. The van der Waals surface area contributed by atoms with Crippen LogP contribution in [-0.4, -0.2) is 52.9 Å². The zero-order valence-electron chi connectivity index (χ0n) is 14.9. The highest BCUT2D eigenvalue weighted by Gasteiger charge is 2.22. The Balaban J connectivity index is 4.50. The molecule has 0 unspecified atom stereocenters. The van der Waals surface area contributed by atoms with Gasteiger partial charge in [-0.3, -0.25) is 0 Å². The molecule has 0 fully saturated rings. The van der Waals surface area contributed by atoms with Crippen LogP contribution in [0.3, 0.4) is 0 Å². The molecule has 0 aromatic carbocycles. The lowest BCUT2D eigenvalue weighted by molar-refractivity contribution is 0.0245. The van der Waals surface area contributed by atoms with Crippen molar-refractivity contribution in [2.24, 2.45) is 5.73 Å². The van der Waals surface area contributed by atoms with Crippen LogP contribution in [0.15, 0.2) is 0 Å². The summed E-state index contributed by atoms with van der Waals surface area (Å²) in [6, 6.07) is 0. The second kappa shape index (κ2) is 8.90. The van der Waals surface area contributed by atoms with Gasteiger partial charge in [0.1, 0.15) is 11.2 Å². The van der Waals surface area contributed by atoms with Crippen LogP contribution < -0.4 is 11.1 Å². The van der Waals surface area contributed by atoms with Crippen molar-refractivity contribution in [3.63, 3.8) is 0 Å². The molecule has 0 aromatic heterocycles. The molecule has 0 rings (SSSR count). The van der Waals surface area contributed by atoms with Gasteiger partial charge in [-0.2, -0.15) is 0 Å². The molecule has 0 bridgehead atoms. The predicted molar refractivity (Wildman–Crippen MR) is 93.4 cm³/mol. The SMILES string of the molecule is CC(C)(C)OC(=O)NCCN(CCC(N)=S)C(=O)OC(C)(C)C. The fourth-order valence-electron chi connectivity index (χ4n) is 1.47. The molecule has 0 aliphatic rings. The van der Waals surface area contributed by atoms with E-state index in [0.717, 1.165) is 0 Å². The van der Waals surface area contributed by atoms with E-state index < -0.39 is 23.4 Å². The van der Waals surface area contributed by atoms with Crippen LogP contribution >= 0.6 is 12.2 Å². The van der Waals surface area contributed by atoms with Crippen LogP contribution in [0.1, 0.15) is 48.0 Å². The number of carbonyl (C=O) groups excluding carboxylic acids is 2. The standard InChI is InChI=1S/C15H29N3O4S/c1-14(2,3)21-12(19)17-8-10-18(9-7-11(16)23)13(20)22-15(4,5)6/h7-10H2,1-6H3,(H2,16,23)(H,17,19). The van der Waals surface area contributed by atoms with Crippen molar-refractivity contribution < 1.29 is 19.1 Å². The Morgan fingerprint density at radius 2 is 1.57 bits per heavy atom. The van der Waals surface area contributed by atoms with Gasteiger partial charge in [0.25, 0.3) is 0 Å². The summed E-state index contributed by atoms with van der Waals surface area (Å²) in [5.41, 5.74) is 4.31. The molecule has 0 aliphatic carbocycles. The molecule has 2 amide bonds. The Morgan fingerprint density at radius 3 is 2.00 bits per heavy atom. The number of amides is 2. The topological polar surface area (TPSA) is 93.9 Å². The molecule has 0 atom stereocenters. The number of nitrogens with zero attached hydrogens (tertiary/aromatic N) is 1. The van der Waals surface area contributed by atoms with Gasteiger partial charge in [-0.1, -0.05) is 12.2 Å². The van der Waals surface area contributed by atoms with E-state index in [9.17, 15) is 9.59 Å². The van der Waals surface area contributed by atoms with Crippen LogP contribution in [0, 0.1) is 0 Å². The number of rotatable bonds is 6. The van der Waals surface area contributed by atoms with E-state index in [1.54, 1.807) is 41.5 Å². The normalized spacial score (nSPS) is 11.6. The van der Waals surface area contributed by atoms with Gasteiger partial charge in [0.2, 0.25) is 0 Å². The number of hydrogen-bond acceptors (Lipinski definition) is 5. The molecule has 0 aromatic rings. The largest absolute Gasteiger partial charge is 0.444 e. The molecule has 0 aliphatic heterocycles. The first-order chi connectivity index (χ1) is 10.3. The van der Waals surface area contributed by atoms with Crippen LogP contribution in [0.5, 0.6) is 0 Å². The number of hydrogen-bond donors (Lipinski definition) is 2. The summed E-state index contributed by atoms with van der Waals surface area (Å²) in [7, 11) is 0. The van der Waals surface area contributed by atoms with Crippen molar-refractivity contribution >= 4 is 29.4 Å². The minimum absolute atomic E-state index is 0.242. The lowest BCUT2D eigenvalue weighted by atomic mass is 10.2. The number of nitrogens with one attached hydrogen (secondary N) is 1. The maximum Gasteiger partial charge on any atom is 0.410 e. The summed E-state index contributed by atoms with van der Waals surface area (Å²) < 4.78 is 10.5. The van der Waals surface area contributed by atoms with Crippen molar-refractivity contribution in [1.82, 2.24) is 10.2 Å². The Morgan fingerprint density at radius 1 is 1.04 bits per heavy atom. The average Bonchev–Trinajstić information content (AvgIpc) is 2.28. The molecule has 0 spiro atoms. The van der Waals surface area contributed by atoms with Gasteiger partial charge >= 0.3 is 12.2 Å². The highest BCUT2D eigenvalue weighted by Crippen LogP contribution is 2.10. The maximum atomic E-state index is 12.2. The van der Waals surface area contributed by atoms with Crippen LogP contribution in [0.25, 0.3) is 0 Å². The van der Waals surface area contributed by atoms with Crippen LogP contribution in [0.4, 0.5) is 9.59 Å². The van der Waals surface area contributed by atoms with E-state index in [0.29, 0.717) is 18.0 Å². The Hall–Kier alpha value is -1.57. The first-order valence-electron chi connectivity index (χ1n) is 7.53. The number of nitrogens with two attached hydrogens (primary N) is 1. The van der Waals surface area contributed by atoms with Gasteiger partial charge in [0, 0.05) is 26.1 Å². The van der Waals surface area contributed by atoms with Crippen molar-refractivity contribution in [1.29, 1.82) is 0 Å². The lowest BCUT2D eigenvalue weighted by Gasteiger charge is -2.27. The summed E-state index contributed by atoms with van der Waals surface area (Å²) >= 11 is 4.83. The molecule has 0 radical (unpaired) electrons. The minimum Gasteiger partial charge on any atom is -0.444 e. The van der Waals surface area contributed by atoms with Crippen molar-refractivity contribution in [3.05, 3.63) is 0 Å². The Labute approximate surface area is 143 Å². The molecule has 23 heavy (non-hydrogen) atoms. The van der Waals surface area contributed by atoms with E-state index in [1.165, 1.54) is 4.90 Å². The monoisotopic (exact) mass is 347 g/mol. The first kappa shape index (κ1) is 21.4. The first-order valence-corrected chi connectivity index (χ1v) is 7.94. The number of ether oxygens (including phenoxy) is 2. The predicted octanol–water partition coefficient (Wildman–Crippen LogP) is 2.42. The molecule has 8 heteroatoms. The molecule has 3 N–H and O–H groups in total. The number of thiocarbonyl (C=S) groups is 1. The maximum absolute atomic E-state index is 12.2. The molecule has 0 saturated carbocycles. The van der Waals surface area contributed by atoms with Gasteiger partial charge < -0.3 is 25.4 Å². The molecule has 134 valence electrons. The minimum atomic E-state index is -0.600. The molecule has 0 saturated heterocycles. The van der Waals surface area contributed by atoms with Crippen LogP contribution in [-0.2, 0) is 9.47 Å². The van der Waals surface area contributed by atoms with Crippen molar-refractivity contribution in [3.8, 4) is 0 Å². The zero-order chi connectivity index (χ0) is 18.3. The smallest absolute Gasteiger partial charge is 0.410 e. The number of alkyl carbamates (subject to hydrolysis) is 1. The third kappa shape index (κ3) is 12.6. The van der Waals surface area contributed by atoms with Gasteiger partial charge in [-0.25, -0.2) is 9.59 Å².